The van der Waals surface area contributed by atoms with Crippen molar-refractivity contribution in [3.8, 4) is 5.75 Å². The van der Waals surface area contributed by atoms with Crippen LogP contribution in [0.5, 0.6) is 5.75 Å². The third-order valence-corrected chi connectivity index (χ3v) is 1.99. The lowest BCUT2D eigenvalue weighted by molar-refractivity contribution is 0.0563. The van der Waals surface area contributed by atoms with E-state index in [1.807, 2.05) is 0 Å². The van der Waals surface area contributed by atoms with E-state index in [9.17, 15) is 14.3 Å². The maximum absolute atomic E-state index is 12.8. The molecule has 2 rings (SSSR count). The van der Waals surface area contributed by atoms with Crippen LogP contribution in [0, 0.1) is 5.82 Å². The second-order valence-corrected chi connectivity index (χ2v) is 2.91. The number of rotatable bonds is 1. The predicted octanol–water partition coefficient (Wildman–Crippen LogP) is 2.06. The lowest BCUT2D eigenvalue weighted by Gasteiger charge is -1.93. The number of benzene rings is 1. The van der Waals surface area contributed by atoms with Crippen molar-refractivity contribution in [2.24, 2.45) is 0 Å². The summed E-state index contributed by atoms with van der Waals surface area (Å²) in [5, 5.41) is 9.70. The van der Waals surface area contributed by atoms with E-state index in [0.29, 0.717) is 0 Å². The molecule has 15 heavy (non-hydrogen) atoms. The average molecular weight is 210 g/mol. The molecule has 4 nitrogen and oxygen atoms in total. The maximum Gasteiger partial charge on any atom is 0.377 e. The van der Waals surface area contributed by atoms with Crippen molar-refractivity contribution in [1.82, 2.24) is 0 Å². The number of halogens is 1. The van der Waals surface area contributed by atoms with Gasteiger partial charge < -0.3 is 14.3 Å². The summed E-state index contributed by atoms with van der Waals surface area (Å²) < 4.78 is 22.2. The molecule has 0 aliphatic carbocycles. The van der Waals surface area contributed by atoms with Crippen LogP contribution in [-0.2, 0) is 4.74 Å². The number of ether oxygens (including phenoxy) is 1. The molecule has 0 saturated carbocycles. The molecule has 0 radical (unpaired) electrons. The summed E-state index contributed by atoms with van der Waals surface area (Å²) in [6.07, 6.45) is 0. The van der Waals surface area contributed by atoms with Crippen molar-refractivity contribution in [2.75, 3.05) is 7.11 Å². The Labute approximate surface area is 83.9 Å². The quantitative estimate of drug-likeness (QED) is 0.732. The molecule has 0 aliphatic rings. The highest BCUT2D eigenvalue weighted by atomic mass is 19.1. The number of fused-ring (bicyclic) bond motifs is 1. The number of carbonyl (C=O) groups is 1. The molecule has 1 aromatic carbocycles. The average Bonchev–Trinajstić information content (AvgIpc) is 2.55. The monoisotopic (exact) mass is 210 g/mol. The molecule has 0 unspecified atom stereocenters. The van der Waals surface area contributed by atoms with Crippen LogP contribution in [0.2, 0.25) is 0 Å². The molecular weight excluding hydrogens is 203 g/mol. The van der Waals surface area contributed by atoms with Gasteiger partial charge in [-0.3, -0.25) is 0 Å². The standard InChI is InChI=1S/C10H7FO4/c1-14-10(13)9-8(12)6-4-5(11)2-3-7(6)15-9/h2-4,12H,1H3. The minimum atomic E-state index is -0.802. The van der Waals surface area contributed by atoms with Gasteiger partial charge in [0.2, 0.25) is 0 Å². The number of esters is 1. The number of hydrogen-bond acceptors (Lipinski definition) is 4. The molecule has 0 fully saturated rings. The predicted molar refractivity (Wildman–Crippen MR) is 49.2 cm³/mol. The van der Waals surface area contributed by atoms with Crippen LogP contribution in [0.4, 0.5) is 4.39 Å². The van der Waals surface area contributed by atoms with Gasteiger partial charge in [-0.15, -0.1) is 0 Å². The Hall–Kier alpha value is -2.04. The zero-order valence-corrected chi connectivity index (χ0v) is 7.78. The van der Waals surface area contributed by atoms with Crippen LogP contribution in [0.1, 0.15) is 10.6 Å². The van der Waals surface area contributed by atoms with Gasteiger partial charge in [-0.25, -0.2) is 9.18 Å². The Balaban J connectivity index is 2.69. The van der Waals surface area contributed by atoms with E-state index in [4.69, 9.17) is 4.42 Å². The van der Waals surface area contributed by atoms with Crippen LogP contribution in [0.15, 0.2) is 22.6 Å². The Morgan fingerprint density at radius 3 is 2.93 bits per heavy atom. The number of carbonyl (C=O) groups excluding carboxylic acids is 1. The number of methoxy groups -OCH3 is 1. The zero-order valence-electron chi connectivity index (χ0n) is 7.78. The smallest absolute Gasteiger partial charge is 0.377 e. The van der Waals surface area contributed by atoms with E-state index in [1.54, 1.807) is 0 Å². The van der Waals surface area contributed by atoms with E-state index >= 15 is 0 Å². The summed E-state index contributed by atoms with van der Waals surface area (Å²) in [4.78, 5) is 11.1. The van der Waals surface area contributed by atoms with E-state index in [0.717, 1.165) is 13.2 Å². The second-order valence-electron chi connectivity index (χ2n) is 2.91. The third-order valence-electron chi connectivity index (χ3n) is 1.99. The summed E-state index contributed by atoms with van der Waals surface area (Å²) >= 11 is 0. The second kappa shape index (κ2) is 3.27. The number of aromatic hydroxyl groups is 1. The first kappa shape index (κ1) is 9.51. The van der Waals surface area contributed by atoms with Gasteiger partial charge in [0, 0.05) is 0 Å². The largest absolute Gasteiger partial charge is 0.504 e. The van der Waals surface area contributed by atoms with Gasteiger partial charge in [0.05, 0.1) is 12.5 Å². The van der Waals surface area contributed by atoms with Gasteiger partial charge in [-0.1, -0.05) is 0 Å². The highest BCUT2D eigenvalue weighted by molar-refractivity contribution is 5.98. The minimum absolute atomic E-state index is 0.149. The molecule has 0 amide bonds. The Kier molecular flexibility index (Phi) is 2.07. The topological polar surface area (TPSA) is 59.7 Å². The van der Waals surface area contributed by atoms with Crippen molar-refractivity contribution in [3.05, 3.63) is 29.8 Å². The Morgan fingerprint density at radius 2 is 2.27 bits per heavy atom. The van der Waals surface area contributed by atoms with Crippen LogP contribution >= 0.6 is 0 Å². The lowest BCUT2D eigenvalue weighted by atomic mass is 10.2. The molecule has 0 aliphatic heterocycles. The van der Waals surface area contributed by atoms with Crippen LogP contribution in [-0.4, -0.2) is 18.2 Å². The lowest BCUT2D eigenvalue weighted by Crippen LogP contribution is -1.98. The van der Waals surface area contributed by atoms with Crippen molar-refractivity contribution < 1.29 is 23.4 Å². The van der Waals surface area contributed by atoms with E-state index in [2.05, 4.69) is 4.74 Å². The van der Waals surface area contributed by atoms with Crippen molar-refractivity contribution in [3.63, 3.8) is 0 Å². The molecular formula is C10H7FO4. The number of furan rings is 1. The summed E-state index contributed by atoms with van der Waals surface area (Å²) in [6, 6.07) is 3.59. The van der Waals surface area contributed by atoms with Crippen LogP contribution < -0.4 is 0 Å². The van der Waals surface area contributed by atoms with Gasteiger partial charge in [0.25, 0.3) is 5.76 Å². The molecule has 78 valence electrons. The third kappa shape index (κ3) is 1.41. The van der Waals surface area contributed by atoms with E-state index in [-0.39, 0.29) is 16.7 Å². The molecule has 0 spiro atoms. The maximum atomic E-state index is 12.8. The highest BCUT2D eigenvalue weighted by Crippen LogP contribution is 2.32. The minimum Gasteiger partial charge on any atom is -0.504 e. The highest BCUT2D eigenvalue weighted by Gasteiger charge is 2.20. The summed E-state index contributed by atoms with van der Waals surface area (Å²) in [6.45, 7) is 0. The molecule has 2 aromatic rings. The Bertz CT molecular complexity index is 529. The van der Waals surface area contributed by atoms with Crippen molar-refractivity contribution >= 4 is 16.9 Å². The molecule has 1 aromatic heterocycles. The van der Waals surface area contributed by atoms with Gasteiger partial charge in [-0.05, 0) is 18.2 Å². The SMILES string of the molecule is COC(=O)c1oc2ccc(F)cc2c1O. The summed E-state index contributed by atoms with van der Waals surface area (Å²) in [5.41, 5.74) is 0.231. The van der Waals surface area contributed by atoms with Gasteiger partial charge in [0.15, 0.2) is 5.75 Å². The summed E-state index contributed by atoms with van der Waals surface area (Å²) in [7, 11) is 1.16. The molecule has 1 heterocycles. The zero-order chi connectivity index (χ0) is 11.0. The summed E-state index contributed by atoms with van der Waals surface area (Å²) in [5.74, 6) is -2.05. The van der Waals surface area contributed by atoms with Crippen LogP contribution in [0.3, 0.4) is 0 Å². The molecule has 0 saturated heterocycles. The van der Waals surface area contributed by atoms with E-state index < -0.39 is 17.5 Å². The van der Waals surface area contributed by atoms with Crippen LogP contribution in [0.25, 0.3) is 11.0 Å². The molecule has 0 atom stereocenters. The van der Waals surface area contributed by atoms with E-state index in [1.165, 1.54) is 12.1 Å². The van der Waals surface area contributed by atoms with Gasteiger partial charge in [-0.2, -0.15) is 0 Å². The fourth-order valence-electron chi connectivity index (χ4n) is 1.29. The Morgan fingerprint density at radius 1 is 1.53 bits per heavy atom. The molecule has 1 N–H and O–H groups in total. The number of hydrogen-bond donors (Lipinski definition) is 1. The fraction of sp³-hybridized carbons (Fsp3) is 0.100. The molecule has 0 bridgehead atoms. The van der Waals surface area contributed by atoms with Gasteiger partial charge in [0.1, 0.15) is 11.4 Å². The molecule has 5 heteroatoms. The van der Waals surface area contributed by atoms with Crippen molar-refractivity contribution in [2.45, 2.75) is 0 Å². The first-order valence-electron chi connectivity index (χ1n) is 4.13. The van der Waals surface area contributed by atoms with Crippen molar-refractivity contribution in [1.29, 1.82) is 0 Å². The first-order valence-corrected chi connectivity index (χ1v) is 4.13. The fourth-order valence-corrected chi connectivity index (χ4v) is 1.29. The van der Waals surface area contributed by atoms with Gasteiger partial charge >= 0.3 is 5.97 Å². The first-order chi connectivity index (χ1) is 7.13. The normalized spacial score (nSPS) is 10.5.